The van der Waals surface area contributed by atoms with Crippen LogP contribution in [0.1, 0.15) is 34.8 Å². The lowest BCUT2D eigenvalue weighted by Gasteiger charge is -2.17. The molecular formula is C30H26O9. The Kier molecular flexibility index (Phi) is 9.37. The Hall–Kier alpha value is -5.18. The van der Waals surface area contributed by atoms with Crippen molar-refractivity contribution in [2.75, 3.05) is 7.11 Å². The second kappa shape index (κ2) is 12.9. The summed E-state index contributed by atoms with van der Waals surface area (Å²) < 4.78 is 10.5. The van der Waals surface area contributed by atoms with Gasteiger partial charge < -0.3 is 24.8 Å². The Bertz CT molecular complexity index is 1470. The molecule has 3 aromatic rings. The normalized spacial score (nSPS) is 11.8. The highest BCUT2D eigenvalue weighted by Gasteiger charge is 2.29. The highest BCUT2D eigenvalue weighted by Crippen LogP contribution is 2.30. The summed E-state index contributed by atoms with van der Waals surface area (Å²) in [5.41, 5.74) is 0.886. The topological polar surface area (TPSA) is 147 Å². The van der Waals surface area contributed by atoms with E-state index in [2.05, 4.69) is 0 Å². The highest BCUT2D eigenvalue weighted by atomic mass is 16.5. The number of allylic oxidation sites excluding steroid dienone is 2. The number of rotatable bonds is 12. The van der Waals surface area contributed by atoms with E-state index in [4.69, 9.17) is 9.47 Å². The van der Waals surface area contributed by atoms with E-state index in [9.17, 15) is 34.5 Å². The molecule has 0 aliphatic carbocycles. The van der Waals surface area contributed by atoms with Gasteiger partial charge in [0.05, 0.1) is 19.1 Å². The molecule has 200 valence electrons. The molecule has 9 heteroatoms. The molecule has 1 unspecified atom stereocenters. The van der Waals surface area contributed by atoms with Crippen LogP contribution < -0.4 is 9.47 Å². The number of phenols is 3. The number of Topliss-reactive ketones (excluding diaryl/α,β-unsaturated/α-hetero) is 2. The van der Waals surface area contributed by atoms with Gasteiger partial charge in [-0.25, -0.2) is 0 Å². The molecule has 1 atom stereocenters. The van der Waals surface area contributed by atoms with Crippen molar-refractivity contribution in [1.82, 2.24) is 0 Å². The van der Waals surface area contributed by atoms with Gasteiger partial charge in [-0.1, -0.05) is 36.4 Å². The van der Waals surface area contributed by atoms with Crippen molar-refractivity contribution >= 4 is 35.3 Å². The first-order valence-corrected chi connectivity index (χ1v) is 11.7. The standard InChI is InChI=1S/C30H26O9/c1-18(31)30(29(37)23-5-3-4-6-24(23)34)39-28-16-20(10-14-26(28)36)8-12-22(33)17-21(32)11-7-19-9-13-25(35)27(15-19)38-2/h3-16,30,34-36H,17H2,1-2H3. The minimum atomic E-state index is -1.62. The smallest absolute Gasteiger partial charge is 0.219 e. The second-order valence-electron chi connectivity index (χ2n) is 8.42. The van der Waals surface area contributed by atoms with Crippen LogP contribution in [-0.2, 0) is 14.4 Å². The van der Waals surface area contributed by atoms with E-state index in [-0.39, 0.29) is 34.3 Å². The van der Waals surface area contributed by atoms with Crippen molar-refractivity contribution in [2.24, 2.45) is 0 Å². The van der Waals surface area contributed by atoms with Gasteiger partial charge in [0.15, 0.2) is 40.3 Å². The summed E-state index contributed by atoms with van der Waals surface area (Å²) in [6.07, 6.45) is 3.29. The molecule has 0 fully saturated rings. The van der Waals surface area contributed by atoms with Crippen LogP contribution in [-0.4, -0.2) is 51.7 Å². The number of methoxy groups -OCH3 is 1. The van der Waals surface area contributed by atoms with Gasteiger partial charge in [0, 0.05) is 0 Å². The Morgan fingerprint density at radius 3 is 1.85 bits per heavy atom. The first-order valence-electron chi connectivity index (χ1n) is 11.7. The number of phenolic OH excluding ortho intramolecular Hbond substituents is 3. The van der Waals surface area contributed by atoms with Gasteiger partial charge in [-0.2, -0.15) is 0 Å². The van der Waals surface area contributed by atoms with Gasteiger partial charge in [0.1, 0.15) is 5.75 Å². The fourth-order valence-electron chi connectivity index (χ4n) is 3.47. The zero-order chi connectivity index (χ0) is 28.5. The SMILES string of the molecule is COc1cc(C=CC(=O)CC(=O)C=Cc2ccc(O)c(OC(C(C)=O)C(=O)c3ccccc3O)c2)ccc1O. The van der Waals surface area contributed by atoms with Gasteiger partial charge >= 0.3 is 0 Å². The van der Waals surface area contributed by atoms with Crippen LogP contribution in [0.5, 0.6) is 28.7 Å². The molecule has 0 saturated carbocycles. The van der Waals surface area contributed by atoms with Crippen LogP contribution in [0.15, 0.2) is 72.8 Å². The summed E-state index contributed by atoms with van der Waals surface area (Å²) in [4.78, 5) is 49.5. The largest absolute Gasteiger partial charge is 0.507 e. The molecule has 0 spiro atoms. The van der Waals surface area contributed by atoms with Gasteiger partial charge in [-0.15, -0.1) is 0 Å². The summed E-state index contributed by atoms with van der Waals surface area (Å²) >= 11 is 0. The molecule has 0 aromatic heterocycles. The quantitative estimate of drug-likeness (QED) is 0.177. The Morgan fingerprint density at radius 2 is 1.31 bits per heavy atom. The minimum absolute atomic E-state index is 0.0389. The van der Waals surface area contributed by atoms with Crippen molar-refractivity contribution < 1.29 is 44.0 Å². The number of carbonyl (C=O) groups is 4. The summed E-state index contributed by atoms with van der Waals surface area (Å²) in [5, 5.41) is 29.8. The second-order valence-corrected chi connectivity index (χ2v) is 8.42. The lowest BCUT2D eigenvalue weighted by Crippen LogP contribution is -2.34. The zero-order valence-electron chi connectivity index (χ0n) is 21.2. The molecule has 3 N–H and O–H groups in total. The lowest BCUT2D eigenvalue weighted by atomic mass is 10.0. The van der Waals surface area contributed by atoms with E-state index >= 15 is 0 Å². The number of ether oxygens (including phenoxy) is 2. The van der Waals surface area contributed by atoms with E-state index in [1.807, 2.05) is 0 Å². The first kappa shape index (κ1) is 28.4. The molecular weight excluding hydrogens is 504 g/mol. The fraction of sp³-hybridized carbons (Fsp3) is 0.133. The van der Waals surface area contributed by atoms with E-state index < -0.39 is 35.7 Å². The maximum atomic E-state index is 12.8. The summed E-state index contributed by atoms with van der Waals surface area (Å²) in [6.45, 7) is 1.14. The van der Waals surface area contributed by atoms with Gasteiger partial charge in [-0.05, 0) is 66.6 Å². The third-order valence-electron chi connectivity index (χ3n) is 5.48. The van der Waals surface area contributed by atoms with Gasteiger partial charge in [0.25, 0.3) is 0 Å². The van der Waals surface area contributed by atoms with Crippen molar-refractivity contribution in [3.8, 4) is 28.7 Å². The van der Waals surface area contributed by atoms with Gasteiger partial charge in [-0.3, -0.25) is 19.2 Å². The number of ketones is 4. The molecule has 0 heterocycles. The predicted molar refractivity (Wildman–Crippen MR) is 143 cm³/mol. The van der Waals surface area contributed by atoms with E-state index in [0.717, 1.165) is 6.92 Å². The van der Waals surface area contributed by atoms with Crippen LogP contribution in [0.25, 0.3) is 12.2 Å². The summed E-state index contributed by atoms with van der Waals surface area (Å²) in [5.74, 6) is -2.99. The molecule has 39 heavy (non-hydrogen) atoms. The zero-order valence-corrected chi connectivity index (χ0v) is 21.2. The number of para-hydroxylation sites is 1. The summed E-state index contributed by atoms with van der Waals surface area (Å²) in [6, 6.07) is 14.3. The van der Waals surface area contributed by atoms with E-state index in [0.29, 0.717) is 11.1 Å². The van der Waals surface area contributed by atoms with Gasteiger partial charge in [0.2, 0.25) is 11.9 Å². The molecule has 0 aliphatic heterocycles. The molecule has 3 aromatic carbocycles. The summed E-state index contributed by atoms with van der Waals surface area (Å²) in [7, 11) is 1.40. The maximum absolute atomic E-state index is 12.8. The molecule has 0 saturated heterocycles. The lowest BCUT2D eigenvalue weighted by molar-refractivity contribution is -0.123. The Balaban J connectivity index is 1.68. The number of aromatic hydroxyl groups is 3. The third kappa shape index (κ3) is 7.65. The van der Waals surface area contributed by atoms with Crippen molar-refractivity contribution in [1.29, 1.82) is 0 Å². The van der Waals surface area contributed by atoms with Crippen molar-refractivity contribution in [3.05, 3.63) is 89.5 Å². The number of benzene rings is 3. The van der Waals surface area contributed by atoms with E-state index in [1.54, 1.807) is 6.07 Å². The molecule has 0 aliphatic rings. The number of hydrogen-bond donors (Lipinski definition) is 3. The van der Waals surface area contributed by atoms with Crippen LogP contribution in [0.3, 0.4) is 0 Å². The minimum Gasteiger partial charge on any atom is -0.507 e. The molecule has 0 amide bonds. The fourth-order valence-corrected chi connectivity index (χ4v) is 3.47. The average molecular weight is 531 g/mol. The number of carbonyl (C=O) groups excluding carboxylic acids is 4. The van der Waals surface area contributed by atoms with Crippen LogP contribution in [0, 0.1) is 0 Å². The maximum Gasteiger partial charge on any atom is 0.219 e. The van der Waals surface area contributed by atoms with Crippen LogP contribution in [0.2, 0.25) is 0 Å². The first-order chi connectivity index (χ1) is 18.6. The Morgan fingerprint density at radius 1 is 0.769 bits per heavy atom. The van der Waals surface area contributed by atoms with E-state index in [1.165, 1.54) is 86.0 Å². The molecule has 0 radical (unpaired) electrons. The molecule has 9 nitrogen and oxygen atoms in total. The predicted octanol–water partition coefficient (Wildman–Crippen LogP) is 4.29. The van der Waals surface area contributed by atoms with Crippen molar-refractivity contribution in [2.45, 2.75) is 19.4 Å². The monoisotopic (exact) mass is 530 g/mol. The Labute approximate surface area is 224 Å². The van der Waals surface area contributed by atoms with Crippen LogP contribution in [0.4, 0.5) is 0 Å². The highest BCUT2D eigenvalue weighted by molar-refractivity contribution is 6.14. The molecule has 3 rings (SSSR count). The number of hydrogen-bond acceptors (Lipinski definition) is 9. The molecule has 0 bridgehead atoms. The average Bonchev–Trinajstić information content (AvgIpc) is 2.91. The van der Waals surface area contributed by atoms with Crippen molar-refractivity contribution in [3.63, 3.8) is 0 Å². The van der Waals surface area contributed by atoms with Crippen LogP contribution >= 0.6 is 0 Å². The third-order valence-corrected chi connectivity index (χ3v) is 5.48.